The predicted molar refractivity (Wildman–Crippen MR) is 77.1 cm³/mol. The van der Waals surface area contributed by atoms with Gasteiger partial charge in [-0.05, 0) is 39.5 Å². The summed E-state index contributed by atoms with van der Waals surface area (Å²) in [5.41, 5.74) is -0.122. The van der Waals surface area contributed by atoms with Crippen LogP contribution >= 0.6 is 15.9 Å². The highest BCUT2D eigenvalue weighted by Gasteiger charge is 2.28. The number of nitrogens with one attached hydrogen (secondary N) is 1. The zero-order valence-corrected chi connectivity index (χ0v) is 13.1. The summed E-state index contributed by atoms with van der Waals surface area (Å²) in [6, 6.07) is 3.39. The minimum absolute atomic E-state index is 0.169. The molecule has 0 aliphatic carbocycles. The normalized spacial score (nSPS) is 12.8. The molecule has 110 valence electrons. The van der Waals surface area contributed by atoms with Gasteiger partial charge in [0, 0.05) is 11.6 Å². The second-order valence-corrected chi connectivity index (χ2v) is 6.47. The van der Waals surface area contributed by atoms with E-state index in [2.05, 4.69) is 21.2 Å². The van der Waals surface area contributed by atoms with Crippen LogP contribution in [-0.4, -0.2) is 23.0 Å². The lowest BCUT2D eigenvalue weighted by molar-refractivity contribution is -0.138. The number of aliphatic carboxylic acids is 1. The van der Waals surface area contributed by atoms with E-state index in [0.29, 0.717) is 0 Å². The quantitative estimate of drug-likeness (QED) is 0.880. The molecule has 4 nitrogen and oxygen atoms in total. The lowest BCUT2D eigenvalue weighted by atomic mass is 9.84. The first-order valence-corrected chi connectivity index (χ1v) is 6.88. The van der Waals surface area contributed by atoms with Crippen LogP contribution < -0.4 is 5.32 Å². The molecule has 1 aromatic carbocycles. The van der Waals surface area contributed by atoms with E-state index in [0.717, 1.165) is 0 Å². The molecular formula is C14H17BrFNO3. The van der Waals surface area contributed by atoms with Crippen molar-refractivity contribution in [3.05, 3.63) is 34.1 Å². The van der Waals surface area contributed by atoms with Crippen molar-refractivity contribution in [1.29, 1.82) is 0 Å². The van der Waals surface area contributed by atoms with Gasteiger partial charge in [-0.3, -0.25) is 9.59 Å². The van der Waals surface area contributed by atoms with E-state index >= 15 is 0 Å². The highest BCUT2D eigenvalue weighted by atomic mass is 79.9. The number of carbonyl (C=O) groups excluding carboxylic acids is 1. The summed E-state index contributed by atoms with van der Waals surface area (Å²) in [5, 5.41) is 11.6. The molecule has 0 aliphatic rings. The van der Waals surface area contributed by atoms with Crippen LogP contribution in [0.3, 0.4) is 0 Å². The number of rotatable bonds is 4. The Balaban J connectivity index is 2.90. The van der Waals surface area contributed by atoms with Gasteiger partial charge in [-0.25, -0.2) is 4.39 Å². The van der Waals surface area contributed by atoms with Gasteiger partial charge in [-0.2, -0.15) is 0 Å². The van der Waals surface area contributed by atoms with E-state index in [-0.39, 0.29) is 16.5 Å². The number of hydrogen-bond donors (Lipinski definition) is 2. The van der Waals surface area contributed by atoms with Crippen LogP contribution in [0.2, 0.25) is 0 Å². The molecule has 2 N–H and O–H groups in total. The number of benzene rings is 1. The van der Waals surface area contributed by atoms with E-state index in [4.69, 9.17) is 5.11 Å². The zero-order valence-electron chi connectivity index (χ0n) is 11.5. The number of carboxylic acids is 1. The molecule has 0 aromatic heterocycles. The third-order valence-corrected chi connectivity index (χ3v) is 3.52. The van der Waals surface area contributed by atoms with Crippen molar-refractivity contribution in [2.45, 2.75) is 33.2 Å². The van der Waals surface area contributed by atoms with Crippen LogP contribution in [0.25, 0.3) is 0 Å². The van der Waals surface area contributed by atoms with Gasteiger partial charge < -0.3 is 10.4 Å². The minimum Gasteiger partial charge on any atom is -0.481 e. The Morgan fingerprint density at radius 1 is 1.40 bits per heavy atom. The maximum atomic E-state index is 13.1. The molecule has 6 heteroatoms. The van der Waals surface area contributed by atoms with Crippen molar-refractivity contribution < 1.29 is 19.1 Å². The topological polar surface area (TPSA) is 66.4 Å². The van der Waals surface area contributed by atoms with Crippen LogP contribution in [0.15, 0.2) is 22.7 Å². The smallest absolute Gasteiger partial charge is 0.305 e. The number of halogens is 2. The van der Waals surface area contributed by atoms with Crippen molar-refractivity contribution in [2.24, 2.45) is 5.41 Å². The minimum atomic E-state index is -0.981. The Hall–Kier alpha value is -1.43. The summed E-state index contributed by atoms with van der Waals surface area (Å²) in [4.78, 5) is 23.0. The largest absolute Gasteiger partial charge is 0.481 e. The molecule has 0 saturated heterocycles. The average Bonchev–Trinajstić information content (AvgIpc) is 2.30. The fraction of sp³-hybridized carbons (Fsp3) is 0.429. The standard InChI is InChI=1S/C14H17BrFNO3/c1-14(2,3)11(7-12(18)19)17-13(20)8-4-5-10(16)9(15)6-8/h4-6,11H,7H2,1-3H3,(H,17,20)(H,18,19). The lowest BCUT2D eigenvalue weighted by Crippen LogP contribution is -2.45. The number of amides is 1. The monoisotopic (exact) mass is 345 g/mol. The van der Waals surface area contributed by atoms with Gasteiger partial charge in [0.25, 0.3) is 5.91 Å². The average molecular weight is 346 g/mol. The van der Waals surface area contributed by atoms with E-state index in [1.807, 2.05) is 20.8 Å². The van der Waals surface area contributed by atoms with Gasteiger partial charge in [0.1, 0.15) is 5.82 Å². The highest BCUT2D eigenvalue weighted by molar-refractivity contribution is 9.10. The summed E-state index contributed by atoms with van der Waals surface area (Å²) in [5.74, 6) is -1.86. The molecule has 1 aromatic rings. The molecule has 1 atom stereocenters. The van der Waals surface area contributed by atoms with Crippen LogP contribution in [0, 0.1) is 11.2 Å². The van der Waals surface area contributed by atoms with Gasteiger partial charge in [-0.1, -0.05) is 20.8 Å². The molecule has 0 aliphatic heterocycles. The molecule has 0 fully saturated rings. The van der Waals surface area contributed by atoms with Crippen LogP contribution in [0.1, 0.15) is 37.6 Å². The molecule has 0 heterocycles. The van der Waals surface area contributed by atoms with E-state index in [9.17, 15) is 14.0 Å². The van der Waals surface area contributed by atoms with Crippen molar-refractivity contribution in [3.8, 4) is 0 Å². The van der Waals surface area contributed by atoms with E-state index in [1.54, 1.807) is 0 Å². The van der Waals surface area contributed by atoms with Gasteiger partial charge in [0.05, 0.1) is 10.9 Å². The van der Waals surface area contributed by atoms with Crippen molar-refractivity contribution >= 4 is 27.8 Å². The molecule has 1 rings (SSSR count). The Kier molecular flexibility index (Phi) is 5.28. The zero-order chi connectivity index (χ0) is 15.5. The fourth-order valence-corrected chi connectivity index (χ4v) is 2.01. The first-order chi connectivity index (χ1) is 9.11. The van der Waals surface area contributed by atoms with Crippen molar-refractivity contribution in [2.75, 3.05) is 0 Å². The van der Waals surface area contributed by atoms with E-state index in [1.165, 1.54) is 18.2 Å². The molecular weight excluding hydrogens is 329 g/mol. The van der Waals surface area contributed by atoms with Crippen molar-refractivity contribution in [1.82, 2.24) is 5.32 Å². The first-order valence-electron chi connectivity index (χ1n) is 6.09. The Bertz CT molecular complexity index is 526. The summed E-state index contributed by atoms with van der Waals surface area (Å²) in [6.07, 6.45) is -0.169. The third kappa shape index (κ3) is 4.59. The highest BCUT2D eigenvalue weighted by Crippen LogP contribution is 2.23. The van der Waals surface area contributed by atoms with Crippen LogP contribution in [-0.2, 0) is 4.79 Å². The Labute approximate surface area is 125 Å². The molecule has 0 radical (unpaired) electrons. The fourth-order valence-electron chi connectivity index (χ4n) is 1.63. The number of carbonyl (C=O) groups is 2. The molecule has 20 heavy (non-hydrogen) atoms. The second-order valence-electron chi connectivity index (χ2n) is 5.62. The SMILES string of the molecule is CC(C)(C)C(CC(=O)O)NC(=O)c1ccc(F)c(Br)c1. The molecule has 1 amide bonds. The number of carboxylic acid groups (broad SMARTS) is 1. The summed E-state index contributed by atoms with van der Waals surface area (Å²) >= 11 is 3.01. The lowest BCUT2D eigenvalue weighted by Gasteiger charge is -2.30. The Morgan fingerprint density at radius 3 is 2.45 bits per heavy atom. The van der Waals surface area contributed by atoms with Gasteiger partial charge in [0.2, 0.25) is 0 Å². The predicted octanol–water partition coefficient (Wildman–Crippen LogP) is 3.21. The first kappa shape index (κ1) is 16.6. The molecule has 1 unspecified atom stereocenters. The van der Waals surface area contributed by atoms with E-state index < -0.39 is 29.2 Å². The third-order valence-electron chi connectivity index (χ3n) is 2.91. The molecule has 0 bridgehead atoms. The van der Waals surface area contributed by atoms with Crippen molar-refractivity contribution in [3.63, 3.8) is 0 Å². The van der Waals surface area contributed by atoms with Crippen LogP contribution in [0.5, 0.6) is 0 Å². The summed E-state index contributed by atoms with van der Waals surface area (Å²) < 4.78 is 13.3. The molecule has 0 saturated carbocycles. The summed E-state index contributed by atoms with van der Waals surface area (Å²) in [6.45, 7) is 5.55. The molecule has 0 spiro atoms. The maximum absolute atomic E-state index is 13.1. The second kappa shape index (κ2) is 6.35. The van der Waals surface area contributed by atoms with Gasteiger partial charge in [-0.15, -0.1) is 0 Å². The maximum Gasteiger partial charge on any atom is 0.305 e. The number of hydrogen-bond acceptors (Lipinski definition) is 2. The van der Waals surface area contributed by atoms with Gasteiger partial charge in [0.15, 0.2) is 0 Å². The van der Waals surface area contributed by atoms with Crippen LogP contribution in [0.4, 0.5) is 4.39 Å². The Morgan fingerprint density at radius 2 is 2.00 bits per heavy atom. The van der Waals surface area contributed by atoms with Gasteiger partial charge >= 0.3 is 5.97 Å². The summed E-state index contributed by atoms with van der Waals surface area (Å²) in [7, 11) is 0.